The molecule has 0 amide bonds. The van der Waals surface area contributed by atoms with Crippen molar-refractivity contribution >= 4 is 9.84 Å². The largest absolute Gasteiger partial charge is 0.307 e. The highest BCUT2D eigenvalue weighted by Crippen LogP contribution is 2.33. The second-order valence-corrected chi connectivity index (χ2v) is 6.20. The smallest absolute Gasteiger partial charge is 0.180 e. The fraction of sp³-hybridized carbons (Fsp3) is 0.455. The van der Waals surface area contributed by atoms with Crippen molar-refractivity contribution in [2.45, 2.75) is 30.8 Å². The Labute approximate surface area is 90.4 Å². The van der Waals surface area contributed by atoms with E-state index < -0.39 is 9.84 Å². The molecule has 0 unspecified atom stereocenters. The van der Waals surface area contributed by atoms with Crippen molar-refractivity contribution < 1.29 is 8.42 Å². The number of nitrogens with one attached hydrogen (secondary N) is 1. The van der Waals surface area contributed by atoms with Gasteiger partial charge < -0.3 is 5.32 Å². The van der Waals surface area contributed by atoms with E-state index >= 15 is 0 Å². The van der Waals surface area contributed by atoms with Gasteiger partial charge in [-0.1, -0.05) is 32.0 Å². The van der Waals surface area contributed by atoms with Gasteiger partial charge in [0, 0.05) is 12.1 Å². The van der Waals surface area contributed by atoms with Crippen molar-refractivity contribution in [2.24, 2.45) is 0 Å². The molecular weight excluding hydrogens is 210 g/mol. The molecule has 15 heavy (non-hydrogen) atoms. The predicted molar refractivity (Wildman–Crippen MR) is 59.5 cm³/mol. The van der Waals surface area contributed by atoms with Crippen LogP contribution in [0.4, 0.5) is 0 Å². The zero-order valence-corrected chi connectivity index (χ0v) is 9.71. The van der Waals surface area contributed by atoms with Crippen LogP contribution in [0.3, 0.4) is 0 Å². The molecule has 0 spiro atoms. The number of benzene rings is 1. The highest BCUT2D eigenvalue weighted by molar-refractivity contribution is 7.91. The molecule has 0 radical (unpaired) electrons. The van der Waals surface area contributed by atoms with E-state index in [2.05, 4.69) is 5.32 Å². The molecule has 0 fully saturated rings. The Morgan fingerprint density at radius 3 is 2.67 bits per heavy atom. The van der Waals surface area contributed by atoms with Crippen molar-refractivity contribution in [1.29, 1.82) is 0 Å². The number of sulfone groups is 1. The minimum atomic E-state index is -3.06. The van der Waals surface area contributed by atoms with E-state index in [4.69, 9.17) is 0 Å². The third-order valence-electron chi connectivity index (χ3n) is 2.55. The lowest BCUT2D eigenvalue weighted by atomic mass is 10.1. The Morgan fingerprint density at radius 2 is 2.00 bits per heavy atom. The molecule has 1 atom stereocenters. The summed E-state index contributed by atoms with van der Waals surface area (Å²) in [5, 5.41) is 3.27. The molecule has 1 aliphatic heterocycles. The van der Waals surface area contributed by atoms with Crippen molar-refractivity contribution in [1.82, 2.24) is 5.32 Å². The number of hydrogen-bond donors (Lipinski definition) is 1. The third-order valence-corrected chi connectivity index (χ3v) is 4.36. The summed E-state index contributed by atoms with van der Waals surface area (Å²) in [7, 11) is -3.06. The first-order valence-corrected chi connectivity index (χ1v) is 6.73. The van der Waals surface area contributed by atoms with Gasteiger partial charge in [0.05, 0.1) is 10.6 Å². The van der Waals surface area contributed by atoms with E-state index in [9.17, 15) is 8.42 Å². The molecule has 4 heteroatoms. The zero-order valence-electron chi connectivity index (χ0n) is 8.90. The van der Waals surface area contributed by atoms with Gasteiger partial charge in [0.15, 0.2) is 9.84 Å². The molecule has 0 aliphatic carbocycles. The van der Waals surface area contributed by atoms with Gasteiger partial charge in [-0.3, -0.25) is 0 Å². The molecule has 1 aromatic rings. The SMILES string of the molecule is CC(C)N[C@@H]1CS(=O)(=O)c2ccccc21. The van der Waals surface area contributed by atoms with Gasteiger partial charge in [0.2, 0.25) is 0 Å². The fourth-order valence-corrected chi connectivity index (χ4v) is 3.74. The quantitative estimate of drug-likeness (QED) is 0.830. The molecule has 0 bridgehead atoms. The van der Waals surface area contributed by atoms with Crippen LogP contribution >= 0.6 is 0 Å². The second kappa shape index (κ2) is 3.61. The van der Waals surface area contributed by atoms with Gasteiger partial charge in [-0.05, 0) is 11.6 Å². The highest BCUT2D eigenvalue weighted by Gasteiger charge is 2.34. The van der Waals surface area contributed by atoms with E-state index in [0.717, 1.165) is 5.56 Å². The van der Waals surface area contributed by atoms with E-state index in [1.165, 1.54) is 0 Å². The molecule has 0 aromatic heterocycles. The van der Waals surface area contributed by atoms with Gasteiger partial charge in [0.25, 0.3) is 0 Å². The van der Waals surface area contributed by atoms with Crippen LogP contribution in [0.1, 0.15) is 25.5 Å². The Kier molecular flexibility index (Phi) is 2.56. The van der Waals surface area contributed by atoms with Crippen molar-refractivity contribution in [3.05, 3.63) is 29.8 Å². The zero-order chi connectivity index (χ0) is 11.1. The maximum Gasteiger partial charge on any atom is 0.180 e. The summed E-state index contributed by atoms with van der Waals surface area (Å²) in [6.45, 7) is 4.04. The van der Waals surface area contributed by atoms with Crippen LogP contribution in [-0.4, -0.2) is 20.2 Å². The first-order chi connectivity index (χ1) is 7.00. The highest BCUT2D eigenvalue weighted by atomic mass is 32.2. The Morgan fingerprint density at radius 1 is 1.33 bits per heavy atom. The minimum absolute atomic E-state index is 0.0498. The first-order valence-electron chi connectivity index (χ1n) is 5.08. The maximum absolute atomic E-state index is 11.8. The summed E-state index contributed by atoms with van der Waals surface area (Å²) in [6.07, 6.45) is 0. The maximum atomic E-state index is 11.8. The van der Waals surface area contributed by atoms with E-state index in [-0.39, 0.29) is 17.8 Å². The average molecular weight is 225 g/mol. The van der Waals surface area contributed by atoms with Gasteiger partial charge in [-0.15, -0.1) is 0 Å². The van der Waals surface area contributed by atoms with Crippen LogP contribution in [0.5, 0.6) is 0 Å². The van der Waals surface area contributed by atoms with E-state index in [0.29, 0.717) is 4.90 Å². The molecule has 2 rings (SSSR count). The molecule has 1 heterocycles. The lowest BCUT2D eigenvalue weighted by molar-refractivity contribution is 0.508. The lowest BCUT2D eigenvalue weighted by Crippen LogP contribution is -2.29. The monoisotopic (exact) mass is 225 g/mol. The van der Waals surface area contributed by atoms with Crippen LogP contribution in [0.2, 0.25) is 0 Å². The summed E-state index contributed by atoms with van der Waals surface area (Å²) >= 11 is 0. The minimum Gasteiger partial charge on any atom is -0.307 e. The second-order valence-electron chi connectivity index (χ2n) is 4.19. The van der Waals surface area contributed by atoms with Crippen LogP contribution in [0, 0.1) is 0 Å². The first kappa shape index (κ1) is 10.6. The molecule has 1 N–H and O–H groups in total. The number of fused-ring (bicyclic) bond motifs is 1. The van der Waals surface area contributed by atoms with Crippen LogP contribution in [0.15, 0.2) is 29.2 Å². The summed E-state index contributed by atoms with van der Waals surface area (Å²) in [5.41, 5.74) is 0.909. The Balaban J connectivity index is 2.43. The molecule has 0 saturated heterocycles. The van der Waals surface area contributed by atoms with Crippen LogP contribution < -0.4 is 5.32 Å². The molecule has 1 aromatic carbocycles. The van der Waals surface area contributed by atoms with Crippen LogP contribution in [-0.2, 0) is 9.84 Å². The summed E-state index contributed by atoms with van der Waals surface area (Å²) < 4.78 is 23.6. The fourth-order valence-electron chi connectivity index (χ4n) is 1.99. The normalized spacial score (nSPS) is 23.0. The summed E-state index contributed by atoms with van der Waals surface area (Å²) in [4.78, 5) is 0.489. The Hall–Kier alpha value is -0.870. The van der Waals surface area contributed by atoms with Gasteiger partial charge in [0.1, 0.15) is 0 Å². The molecule has 82 valence electrons. The molecular formula is C11H15NO2S. The van der Waals surface area contributed by atoms with Crippen LogP contribution in [0.25, 0.3) is 0 Å². The van der Waals surface area contributed by atoms with Crippen molar-refractivity contribution in [3.63, 3.8) is 0 Å². The molecule has 3 nitrogen and oxygen atoms in total. The number of rotatable bonds is 2. The van der Waals surface area contributed by atoms with Crippen molar-refractivity contribution in [3.8, 4) is 0 Å². The average Bonchev–Trinajstić information content (AvgIpc) is 2.39. The molecule has 0 saturated carbocycles. The predicted octanol–water partition coefficient (Wildman–Crippen LogP) is 1.51. The van der Waals surface area contributed by atoms with Crippen molar-refractivity contribution in [2.75, 3.05) is 5.75 Å². The van der Waals surface area contributed by atoms with Gasteiger partial charge in [-0.25, -0.2) is 8.42 Å². The molecule has 1 aliphatic rings. The Bertz CT molecular complexity index is 465. The lowest BCUT2D eigenvalue weighted by Gasteiger charge is -2.15. The van der Waals surface area contributed by atoms with Gasteiger partial charge in [-0.2, -0.15) is 0 Å². The third kappa shape index (κ3) is 1.92. The van der Waals surface area contributed by atoms with E-state index in [1.54, 1.807) is 12.1 Å². The standard InChI is InChI=1S/C11H15NO2S/c1-8(2)12-10-7-15(13,14)11-6-4-3-5-9(10)11/h3-6,8,10,12H,7H2,1-2H3/t10-/m1/s1. The topological polar surface area (TPSA) is 46.2 Å². The van der Waals surface area contributed by atoms with E-state index in [1.807, 2.05) is 26.0 Å². The van der Waals surface area contributed by atoms with Gasteiger partial charge >= 0.3 is 0 Å². The number of hydrogen-bond acceptors (Lipinski definition) is 3. The summed E-state index contributed by atoms with van der Waals surface area (Å²) in [5.74, 6) is 0.185. The summed E-state index contributed by atoms with van der Waals surface area (Å²) in [6, 6.07) is 7.47.